The number of hydrogen-bond acceptors (Lipinski definition) is 4. The fourth-order valence-corrected chi connectivity index (χ4v) is 2.91. The maximum Gasteiger partial charge on any atom is 0.136 e. The van der Waals surface area contributed by atoms with Crippen molar-refractivity contribution in [3.63, 3.8) is 0 Å². The van der Waals surface area contributed by atoms with Crippen LogP contribution < -0.4 is 10.2 Å². The first-order valence-corrected chi connectivity index (χ1v) is 7.80. The third-order valence-corrected chi connectivity index (χ3v) is 4.22. The van der Waals surface area contributed by atoms with Gasteiger partial charge < -0.3 is 15.1 Å². The number of likely N-dealkylation sites (N-methyl/N-ethyl adjacent to an activating group) is 1. The Morgan fingerprint density at radius 1 is 1.10 bits per heavy atom. The van der Waals surface area contributed by atoms with Gasteiger partial charge in [0.2, 0.25) is 0 Å². The van der Waals surface area contributed by atoms with E-state index < -0.39 is 0 Å². The lowest BCUT2D eigenvalue weighted by Gasteiger charge is -2.34. The van der Waals surface area contributed by atoms with Crippen molar-refractivity contribution in [2.75, 3.05) is 44.7 Å². The minimum absolute atomic E-state index is 0.882. The second kappa shape index (κ2) is 6.41. The fraction of sp³-hybridized carbons (Fsp3) is 0.471. The molecule has 1 fully saturated rings. The van der Waals surface area contributed by atoms with Crippen LogP contribution in [0, 0.1) is 0 Å². The van der Waals surface area contributed by atoms with Gasteiger partial charge in [0, 0.05) is 44.3 Å². The summed E-state index contributed by atoms with van der Waals surface area (Å²) in [5.41, 5.74) is 1.28. The van der Waals surface area contributed by atoms with Crippen molar-refractivity contribution in [1.82, 2.24) is 15.2 Å². The number of nitrogens with zero attached hydrogens (tertiary/aromatic N) is 3. The maximum atomic E-state index is 4.78. The molecular formula is C17H24N4. The lowest BCUT2D eigenvalue weighted by atomic mass is 10.1. The zero-order valence-electron chi connectivity index (χ0n) is 13.0. The molecule has 112 valence electrons. The van der Waals surface area contributed by atoms with E-state index in [1.165, 1.54) is 16.3 Å². The van der Waals surface area contributed by atoms with E-state index in [-0.39, 0.29) is 0 Å². The highest BCUT2D eigenvalue weighted by molar-refractivity contribution is 5.94. The molecule has 1 aliphatic heterocycles. The van der Waals surface area contributed by atoms with Crippen LogP contribution in [0.25, 0.3) is 10.8 Å². The fourth-order valence-electron chi connectivity index (χ4n) is 2.91. The van der Waals surface area contributed by atoms with Crippen LogP contribution >= 0.6 is 0 Å². The molecule has 0 bridgehead atoms. The molecule has 4 nitrogen and oxygen atoms in total. The van der Waals surface area contributed by atoms with Gasteiger partial charge >= 0.3 is 0 Å². The molecule has 2 aromatic rings. The number of fused-ring (bicyclic) bond motifs is 1. The molecule has 4 heteroatoms. The van der Waals surface area contributed by atoms with E-state index in [9.17, 15) is 0 Å². The largest absolute Gasteiger partial charge is 0.354 e. The highest BCUT2D eigenvalue weighted by Crippen LogP contribution is 2.27. The van der Waals surface area contributed by atoms with Crippen LogP contribution in [0.15, 0.2) is 30.5 Å². The monoisotopic (exact) mass is 284 g/mol. The van der Waals surface area contributed by atoms with Gasteiger partial charge in [-0.15, -0.1) is 0 Å². The van der Waals surface area contributed by atoms with Gasteiger partial charge in [-0.1, -0.05) is 31.2 Å². The molecule has 1 aromatic heterocycles. The van der Waals surface area contributed by atoms with Crippen LogP contribution in [0.3, 0.4) is 0 Å². The van der Waals surface area contributed by atoms with Gasteiger partial charge in [-0.3, -0.25) is 0 Å². The zero-order valence-corrected chi connectivity index (χ0v) is 13.0. The highest BCUT2D eigenvalue weighted by Gasteiger charge is 2.18. The average molecular weight is 284 g/mol. The summed E-state index contributed by atoms with van der Waals surface area (Å²) in [4.78, 5) is 9.57. The normalized spacial score (nSPS) is 16.6. The van der Waals surface area contributed by atoms with Crippen molar-refractivity contribution in [2.24, 2.45) is 0 Å². The van der Waals surface area contributed by atoms with Crippen LogP contribution in [-0.2, 0) is 6.54 Å². The van der Waals surface area contributed by atoms with Crippen LogP contribution in [0.1, 0.15) is 12.5 Å². The molecule has 1 aromatic carbocycles. The summed E-state index contributed by atoms with van der Waals surface area (Å²) < 4.78 is 0. The Morgan fingerprint density at radius 2 is 1.81 bits per heavy atom. The van der Waals surface area contributed by atoms with E-state index in [2.05, 4.69) is 53.4 Å². The van der Waals surface area contributed by atoms with Gasteiger partial charge in [-0.05, 0) is 24.5 Å². The first kappa shape index (κ1) is 14.3. The number of anilines is 1. The third-order valence-electron chi connectivity index (χ3n) is 4.22. The van der Waals surface area contributed by atoms with E-state index in [0.717, 1.165) is 45.1 Å². The van der Waals surface area contributed by atoms with Crippen molar-refractivity contribution >= 4 is 16.6 Å². The molecular weight excluding hydrogens is 260 g/mol. The van der Waals surface area contributed by atoms with Gasteiger partial charge in [-0.2, -0.15) is 0 Å². The molecule has 1 aliphatic rings. The molecule has 0 unspecified atom stereocenters. The quantitative estimate of drug-likeness (QED) is 0.931. The standard InChI is InChI=1S/C17H24N4/c1-3-18-12-14-13-19-17(16-7-5-4-6-15(14)16)21-10-8-20(2)9-11-21/h4-7,13,18H,3,8-12H2,1-2H3. The van der Waals surface area contributed by atoms with E-state index in [1.807, 2.05) is 6.20 Å². The Labute approximate surface area is 126 Å². The number of hydrogen-bond donors (Lipinski definition) is 1. The van der Waals surface area contributed by atoms with Crippen LogP contribution in [0.5, 0.6) is 0 Å². The topological polar surface area (TPSA) is 31.4 Å². The van der Waals surface area contributed by atoms with Crippen LogP contribution in [0.4, 0.5) is 5.82 Å². The Kier molecular flexibility index (Phi) is 4.36. The lowest BCUT2D eigenvalue weighted by Crippen LogP contribution is -2.44. The smallest absolute Gasteiger partial charge is 0.136 e. The first-order chi connectivity index (χ1) is 10.3. The lowest BCUT2D eigenvalue weighted by molar-refractivity contribution is 0.312. The molecule has 0 atom stereocenters. The summed E-state index contributed by atoms with van der Waals surface area (Å²) >= 11 is 0. The van der Waals surface area contributed by atoms with Crippen molar-refractivity contribution in [2.45, 2.75) is 13.5 Å². The molecule has 1 N–H and O–H groups in total. The van der Waals surface area contributed by atoms with Crippen LogP contribution in [0.2, 0.25) is 0 Å². The van der Waals surface area contributed by atoms with Gasteiger partial charge in [-0.25, -0.2) is 4.98 Å². The van der Waals surface area contributed by atoms with E-state index in [0.29, 0.717) is 0 Å². The van der Waals surface area contributed by atoms with Crippen molar-refractivity contribution in [3.8, 4) is 0 Å². The number of pyridine rings is 1. The summed E-state index contributed by atoms with van der Waals surface area (Å²) in [6.07, 6.45) is 2.04. The molecule has 1 saturated heterocycles. The van der Waals surface area contributed by atoms with Crippen molar-refractivity contribution < 1.29 is 0 Å². The van der Waals surface area contributed by atoms with E-state index in [4.69, 9.17) is 4.98 Å². The molecule has 21 heavy (non-hydrogen) atoms. The predicted molar refractivity (Wildman–Crippen MR) is 88.8 cm³/mol. The molecule has 0 radical (unpaired) electrons. The van der Waals surface area contributed by atoms with Gasteiger partial charge in [0.05, 0.1) is 0 Å². The average Bonchev–Trinajstić information content (AvgIpc) is 2.53. The molecule has 0 amide bonds. The van der Waals surface area contributed by atoms with E-state index >= 15 is 0 Å². The summed E-state index contributed by atoms with van der Waals surface area (Å²) in [6, 6.07) is 8.64. The highest BCUT2D eigenvalue weighted by atomic mass is 15.3. The van der Waals surface area contributed by atoms with Crippen molar-refractivity contribution in [1.29, 1.82) is 0 Å². The number of rotatable bonds is 4. The van der Waals surface area contributed by atoms with Crippen molar-refractivity contribution in [3.05, 3.63) is 36.0 Å². The Hall–Kier alpha value is -1.65. The summed E-state index contributed by atoms with van der Waals surface area (Å²) in [7, 11) is 2.18. The zero-order chi connectivity index (χ0) is 14.7. The van der Waals surface area contributed by atoms with E-state index in [1.54, 1.807) is 0 Å². The third kappa shape index (κ3) is 3.01. The molecule has 0 aliphatic carbocycles. The minimum Gasteiger partial charge on any atom is -0.354 e. The second-order valence-corrected chi connectivity index (χ2v) is 5.72. The molecule has 3 rings (SSSR count). The number of nitrogens with one attached hydrogen (secondary N) is 1. The Balaban J connectivity index is 1.96. The van der Waals surface area contributed by atoms with Gasteiger partial charge in [0.15, 0.2) is 0 Å². The number of aromatic nitrogens is 1. The summed E-state index contributed by atoms with van der Waals surface area (Å²) in [5.74, 6) is 1.14. The van der Waals surface area contributed by atoms with Gasteiger partial charge in [0.25, 0.3) is 0 Å². The molecule has 0 spiro atoms. The predicted octanol–water partition coefficient (Wildman–Crippen LogP) is 2.10. The molecule has 0 saturated carbocycles. The molecule has 2 heterocycles. The Morgan fingerprint density at radius 3 is 2.52 bits per heavy atom. The summed E-state index contributed by atoms with van der Waals surface area (Å²) in [5, 5.41) is 6.00. The minimum atomic E-state index is 0.882. The number of benzene rings is 1. The van der Waals surface area contributed by atoms with Crippen LogP contribution in [-0.4, -0.2) is 49.7 Å². The second-order valence-electron chi connectivity index (χ2n) is 5.72. The first-order valence-electron chi connectivity index (χ1n) is 7.80. The maximum absolute atomic E-state index is 4.78. The summed E-state index contributed by atoms with van der Waals surface area (Å²) in [6.45, 7) is 8.32. The SMILES string of the molecule is CCNCc1cnc(N2CCN(C)CC2)c2ccccc12. The van der Waals surface area contributed by atoms with Gasteiger partial charge in [0.1, 0.15) is 5.82 Å². The number of piperazine rings is 1. The Bertz CT molecular complexity index is 603.